The summed E-state index contributed by atoms with van der Waals surface area (Å²) in [4.78, 5) is 5.33. The molecule has 0 amide bonds. The van der Waals surface area contributed by atoms with Gasteiger partial charge in [-0.1, -0.05) is 156 Å². The van der Waals surface area contributed by atoms with E-state index in [4.69, 9.17) is 0 Å². The first-order valence-electron chi connectivity index (χ1n) is 22.2. The van der Waals surface area contributed by atoms with Crippen LogP contribution in [0.15, 0.2) is 171 Å². The summed E-state index contributed by atoms with van der Waals surface area (Å²) in [6, 6.07) is 54.0. The van der Waals surface area contributed by atoms with Crippen LogP contribution in [0.25, 0.3) is 28.5 Å². The second-order valence-corrected chi connectivity index (χ2v) is 17.7. The molecule has 4 heteroatoms. The van der Waals surface area contributed by atoms with E-state index in [0.717, 1.165) is 12.8 Å². The summed E-state index contributed by atoms with van der Waals surface area (Å²) in [6.45, 7) is 20.6. The number of rotatable bonds is 11. The molecule has 0 radical (unpaired) electrons. The summed E-state index contributed by atoms with van der Waals surface area (Å²) in [5, 5.41) is 0. The number of aryl methyl sites for hydroxylation is 3. The summed E-state index contributed by atoms with van der Waals surface area (Å²) < 4.78 is 5.00. The number of benzene rings is 6. The third kappa shape index (κ3) is 6.92. The average Bonchev–Trinajstić information content (AvgIpc) is 3.86. The van der Waals surface area contributed by atoms with Gasteiger partial charge in [0.05, 0.1) is 17.0 Å². The van der Waals surface area contributed by atoms with E-state index in [1.807, 2.05) is 0 Å². The molecule has 0 bridgehead atoms. The highest BCUT2D eigenvalue weighted by atomic mass is 15.4. The molecule has 0 spiro atoms. The first-order chi connectivity index (χ1) is 29.7. The van der Waals surface area contributed by atoms with Gasteiger partial charge < -0.3 is 9.80 Å². The first kappa shape index (κ1) is 40.0. The van der Waals surface area contributed by atoms with E-state index in [9.17, 15) is 0 Å². The molecule has 2 aliphatic heterocycles. The maximum Gasteiger partial charge on any atom is 0.294 e. The van der Waals surface area contributed by atoms with E-state index in [2.05, 4.69) is 238 Å². The van der Waals surface area contributed by atoms with Crippen LogP contribution < -0.4 is 14.4 Å². The average molecular weight is 800 g/mol. The zero-order valence-electron chi connectivity index (χ0n) is 36.9. The number of hydrogen-bond acceptors (Lipinski definition) is 2. The third-order valence-electron chi connectivity index (χ3n) is 13.3. The lowest BCUT2D eigenvalue weighted by Crippen LogP contribution is -2.47. The van der Waals surface area contributed by atoms with Crippen molar-refractivity contribution in [1.82, 2.24) is 4.57 Å². The van der Waals surface area contributed by atoms with Gasteiger partial charge in [0.25, 0.3) is 5.82 Å². The molecular formula is C57H59N4+. The Morgan fingerprint density at radius 2 is 1.11 bits per heavy atom. The van der Waals surface area contributed by atoms with E-state index in [1.54, 1.807) is 0 Å². The van der Waals surface area contributed by atoms with Crippen LogP contribution >= 0.6 is 0 Å². The van der Waals surface area contributed by atoms with Crippen molar-refractivity contribution >= 4 is 22.8 Å². The van der Waals surface area contributed by atoms with Crippen LogP contribution in [0.1, 0.15) is 109 Å². The predicted molar refractivity (Wildman–Crippen MR) is 256 cm³/mol. The number of imidazole rings is 1. The van der Waals surface area contributed by atoms with Crippen molar-refractivity contribution in [2.45, 2.75) is 91.3 Å². The lowest BCUT2D eigenvalue weighted by molar-refractivity contribution is -0.706. The normalized spacial score (nSPS) is 17.3. The number of fused-ring (bicyclic) bond motifs is 3. The SMILES string of the molecule is C=CC1C(CCC2N(c3ccccc3)C(c3ccccc3C)=C(c3ccccc3C)N2c2ccccc2C)c2ccccc2-c2n(-c3c(C(C)C)cccc3C(C)C)cc[n+]21. The Bertz CT molecular complexity index is 2720. The van der Waals surface area contributed by atoms with Crippen LogP contribution in [0.5, 0.6) is 0 Å². The quantitative estimate of drug-likeness (QED) is 0.0956. The molecule has 1 aromatic heterocycles. The zero-order valence-corrected chi connectivity index (χ0v) is 36.9. The first-order valence-corrected chi connectivity index (χ1v) is 22.2. The van der Waals surface area contributed by atoms with Gasteiger partial charge >= 0.3 is 0 Å². The summed E-state index contributed by atoms with van der Waals surface area (Å²) >= 11 is 0. The number of nitrogens with zero attached hydrogens (tertiary/aromatic N) is 4. The molecule has 3 unspecified atom stereocenters. The molecular weight excluding hydrogens is 741 g/mol. The predicted octanol–water partition coefficient (Wildman–Crippen LogP) is 14.1. The number of para-hydroxylation sites is 3. The lowest BCUT2D eigenvalue weighted by atomic mass is 9.81. The fraction of sp³-hybridized carbons (Fsp3) is 0.246. The van der Waals surface area contributed by atoms with Crippen molar-refractivity contribution in [3.8, 4) is 17.1 Å². The van der Waals surface area contributed by atoms with E-state index in [0.29, 0.717) is 11.8 Å². The fourth-order valence-corrected chi connectivity index (χ4v) is 10.3. The van der Waals surface area contributed by atoms with Crippen LogP contribution in [-0.4, -0.2) is 10.7 Å². The van der Waals surface area contributed by atoms with Crippen LogP contribution in [-0.2, 0) is 0 Å². The molecule has 61 heavy (non-hydrogen) atoms. The highest BCUT2D eigenvalue weighted by Crippen LogP contribution is 2.51. The molecule has 3 atom stereocenters. The standard InChI is InChI=1S/C57H59N4/c1-9-51-49(48-29-18-19-30-50(48)57-58(51)36-37-59(57)54-44(38(2)3)31-21-32-45(54)39(4)5)34-35-53-60(43-25-11-10-12-26-43)55(46-27-16-13-22-40(46)6)56(47-28-17-14-23-41(47)7)61(53)52-33-20-15-24-42(52)8/h9-33,36-39,49,51,53H,1,34-35H2,2-8H3/q+1. The maximum absolute atomic E-state index is 4.56. The minimum atomic E-state index is -0.0205. The van der Waals surface area contributed by atoms with Crippen molar-refractivity contribution in [2.24, 2.45) is 0 Å². The highest BCUT2D eigenvalue weighted by Gasteiger charge is 2.45. The smallest absolute Gasteiger partial charge is 0.294 e. The Labute approximate surface area is 363 Å². The number of allylic oxidation sites excluding steroid dienone is 1. The molecule has 6 aromatic carbocycles. The van der Waals surface area contributed by atoms with Gasteiger partial charge in [-0.25, -0.2) is 4.57 Å². The molecule has 0 saturated carbocycles. The van der Waals surface area contributed by atoms with Gasteiger partial charge in [0.2, 0.25) is 0 Å². The van der Waals surface area contributed by atoms with Crippen LogP contribution in [0.2, 0.25) is 0 Å². The van der Waals surface area contributed by atoms with E-state index in [1.165, 1.54) is 84.4 Å². The Morgan fingerprint density at radius 1 is 0.574 bits per heavy atom. The molecule has 4 nitrogen and oxygen atoms in total. The molecule has 0 N–H and O–H groups in total. The van der Waals surface area contributed by atoms with E-state index in [-0.39, 0.29) is 18.1 Å². The van der Waals surface area contributed by atoms with Crippen molar-refractivity contribution in [2.75, 3.05) is 9.80 Å². The zero-order chi connectivity index (χ0) is 42.4. The molecule has 0 aliphatic carbocycles. The lowest BCUT2D eigenvalue weighted by Gasteiger charge is -2.38. The van der Waals surface area contributed by atoms with Crippen molar-refractivity contribution in [1.29, 1.82) is 0 Å². The summed E-state index contributed by atoms with van der Waals surface area (Å²) in [5.41, 5.74) is 18.0. The maximum atomic E-state index is 4.56. The molecule has 306 valence electrons. The van der Waals surface area contributed by atoms with Gasteiger partial charge in [-0.05, 0) is 98.0 Å². The minimum Gasteiger partial charge on any atom is -0.318 e. The molecule has 9 rings (SSSR count). The van der Waals surface area contributed by atoms with E-state index < -0.39 is 0 Å². The monoisotopic (exact) mass is 799 g/mol. The highest BCUT2D eigenvalue weighted by molar-refractivity contribution is 6.07. The Kier molecular flexibility index (Phi) is 10.9. The topological polar surface area (TPSA) is 15.3 Å². The van der Waals surface area contributed by atoms with Crippen molar-refractivity contribution < 1.29 is 4.57 Å². The summed E-state index contributed by atoms with van der Waals surface area (Å²) in [5.74, 6) is 2.20. The van der Waals surface area contributed by atoms with Crippen LogP contribution in [0, 0.1) is 20.8 Å². The van der Waals surface area contributed by atoms with Crippen LogP contribution in [0.3, 0.4) is 0 Å². The van der Waals surface area contributed by atoms with Gasteiger partial charge in [0.15, 0.2) is 0 Å². The minimum absolute atomic E-state index is 0.0205. The molecule has 0 fully saturated rings. The molecule has 0 saturated heterocycles. The number of aromatic nitrogens is 2. The van der Waals surface area contributed by atoms with Gasteiger partial charge in [0.1, 0.15) is 30.3 Å². The van der Waals surface area contributed by atoms with Crippen molar-refractivity contribution in [3.05, 3.63) is 215 Å². The fourth-order valence-electron chi connectivity index (χ4n) is 10.3. The largest absolute Gasteiger partial charge is 0.318 e. The van der Waals surface area contributed by atoms with Gasteiger partial charge in [-0.2, -0.15) is 4.57 Å². The molecule has 2 aliphatic rings. The Morgan fingerprint density at radius 3 is 1.70 bits per heavy atom. The summed E-state index contributed by atoms with van der Waals surface area (Å²) in [6.07, 6.45) is 8.65. The second-order valence-electron chi connectivity index (χ2n) is 17.7. The Balaban J connectivity index is 1.22. The van der Waals surface area contributed by atoms with Crippen molar-refractivity contribution in [3.63, 3.8) is 0 Å². The van der Waals surface area contributed by atoms with E-state index >= 15 is 0 Å². The second kappa shape index (κ2) is 16.6. The van der Waals surface area contributed by atoms with Crippen LogP contribution in [0.4, 0.5) is 11.4 Å². The van der Waals surface area contributed by atoms with Gasteiger partial charge in [-0.3, -0.25) is 0 Å². The van der Waals surface area contributed by atoms with Gasteiger partial charge in [0, 0.05) is 39.5 Å². The summed E-state index contributed by atoms with van der Waals surface area (Å²) in [7, 11) is 0. The number of hydrogen-bond donors (Lipinski definition) is 0. The molecule has 3 heterocycles. The third-order valence-corrected chi connectivity index (χ3v) is 13.3. The van der Waals surface area contributed by atoms with Gasteiger partial charge in [-0.15, -0.1) is 0 Å². The number of anilines is 2. The Hall–Kier alpha value is -6.39. The molecule has 7 aromatic rings.